The van der Waals surface area contributed by atoms with Crippen LogP contribution >= 0.6 is 12.4 Å². The molecule has 4 nitrogen and oxygen atoms in total. The van der Waals surface area contributed by atoms with Crippen LogP contribution in [0.3, 0.4) is 0 Å². The Labute approximate surface area is 153 Å². The van der Waals surface area contributed by atoms with Crippen molar-refractivity contribution in [1.82, 2.24) is 4.98 Å². The van der Waals surface area contributed by atoms with Crippen LogP contribution in [-0.4, -0.2) is 11.6 Å². The summed E-state index contributed by atoms with van der Waals surface area (Å²) in [6.07, 6.45) is 2.56. The second kappa shape index (κ2) is 8.36. The molecule has 0 unspecified atom stereocenters. The highest BCUT2D eigenvalue weighted by atomic mass is 35.5. The molecule has 3 aromatic rings. The topological polar surface area (TPSA) is 57.9 Å². The van der Waals surface area contributed by atoms with E-state index in [2.05, 4.69) is 35.4 Å². The normalized spacial score (nSPS) is 9.96. The molecular weight excluding hydrogens is 334 g/mol. The summed E-state index contributed by atoms with van der Waals surface area (Å²) in [5, 5.41) is 13.8. The maximum Gasteiger partial charge on any atom is 0.119 e. The third-order valence-electron chi connectivity index (χ3n) is 3.90. The molecule has 0 saturated heterocycles. The van der Waals surface area contributed by atoms with Crippen LogP contribution in [0.4, 0.5) is 11.4 Å². The number of anilines is 2. The van der Waals surface area contributed by atoms with E-state index in [1.54, 1.807) is 6.20 Å². The minimum Gasteiger partial charge on any atom is -0.494 e. The molecule has 1 heterocycles. The van der Waals surface area contributed by atoms with Gasteiger partial charge in [0.1, 0.15) is 11.8 Å². The second-order valence-electron chi connectivity index (χ2n) is 5.45. The van der Waals surface area contributed by atoms with Gasteiger partial charge in [-0.2, -0.15) is 5.26 Å². The molecule has 0 aliphatic rings. The number of halogens is 1. The van der Waals surface area contributed by atoms with Gasteiger partial charge in [0.25, 0.3) is 0 Å². The second-order valence-corrected chi connectivity index (χ2v) is 5.45. The first-order valence-electron chi connectivity index (χ1n) is 8.06. The highest BCUT2D eigenvalue weighted by Gasteiger charge is 2.10. The number of aromatic nitrogens is 1. The van der Waals surface area contributed by atoms with Gasteiger partial charge in [0.15, 0.2) is 0 Å². The van der Waals surface area contributed by atoms with E-state index in [0.717, 1.165) is 34.4 Å². The third-order valence-corrected chi connectivity index (χ3v) is 3.90. The Bertz CT molecular complexity index is 901. The number of nitrogens with one attached hydrogen (secondary N) is 1. The number of pyridine rings is 1. The van der Waals surface area contributed by atoms with Crippen molar-refractivity contribution >= 4 is 34.7 Å². The first-order chi connectivity index (χ1) is 11.7. The summed E-state index contributed by atoms with van der Waals surface area (Å²) in [5.41, 5.74) is 4.32. The molecule has 0 atom stereocenters. The van der Waals surface area contributed by atoms with Crippen molar-refractivity contribution in [3.8, 4) is 11.8 Å². The van der Waals surface area contributed by atoms with Gasteiger partial charge in [0.2, 0.25) is 0 Å². The summed E-state index contributed by atoms with van der Waals surface area (Å²) in [5.74, 6) is 0.830. The van der Waals surface area contributed by atoms with Crippen molar-refractivity contribution in [3.63, 3.8) is 0 Å². The fraction of sp³-hybridized carbons (Fsp3) is 0.200. The Morgan fingerprint density at radius 2 is 1.88 bits per heavy atom. The summed E-state index contributed by atoms with van der Waals surface area (Å²) in [6, 6.07) is 16.1. The molecular formula is C20H20ClN3O. The van der Waals surface area contributed by atoms with Crippen molar-refractivity contribution < 1.29 is 4.74 Å². The zero-order chi connectivity index (χ0) is 16.9. The molecule has 0 bridgehead atoms. The van der Waals surface area contributed by atoms with Gasteiger partial charge in [-0.15, -0.1) is 12.4 Å². The maximum atomic E-state index is 9.45. The van der Waals surface area contributed by atoms with E-state index in [-0.39, 0.29) is 12.4 Å². The van der Waals surface area contributed by atoms with Gasteiger partial charge in [-0.05, 0) is 55.3 Å². The summed E-state index contributed by atoms with van der Waals surface area (Å²) in [4.78, 5) is 4.39. The smallest absolute Gasteiger partial charge is 0.119 e. The Balaban J connectivity index is 0.00000225. The van der Waals surface area contributed by atoms with Crippen molar-refractivity contribution in [1.29, 1.82) is 5.26 Å². The lowest BCUT2D eigenvalue weighted by Gasteiger charge is -2.13. The molecule has 0 spiro atoms. The van der Waals surface area contributed by atoms with Gasteiger partial charge in [0.05, 0.1) is 23.4 Å². The van der Waals surface area contributed by atoms with E-state index in [1.807, 2.05) is 37.3 Å². The van der Waals surface area contributed by atoms with Crippen LogP contribution in [0.25, 0.3) is 10.9 Å². The zero-order valence-corrected chi connectivity index (χ0v) is 15.1. The first kappa shape index (κ1) is 18.6. The third kappa shape index (κ3) is 4.01. The number of benzene rings is 2. The van der Waals surface area contributed by atoms with Crippen LogP contribution < -0.4 is 10.1 Å². The molecule has 0 aliphatic heterocycles. The molecule has 2 aromatic carbocycles. The highest BCUT2D eigenvalue weighted by Crippen LogP contribution is 2.30. The minimum absolute atomic E-state index is 0. The van der Waals surface area contributed by atoms with Crippen LogP contribution in [-0.2, 0) is 6.42 Å². The van der Waals surface area contributed by atoms with Crippen molar-refractivity contribution in [3.05, 3.63) is 59.8 Å². The van der Waals surface area contributed by atoms with Gasteiger partial charge in [-0.1, -0.05) is 13.0 Å². The molecule has 1 N–H and O–H groups in total. The van der Waals surface area contributed by atoms with Crippen LogP contribution in [0.5, 0.6) is 5.75 Å². The number of hydrogen-bond donors (Lipinski definition) is 1. The van der Waals surface area contributed by atoms with E-state index >= 15 is 0 Å². The number of nitrogens with zero attached hydrogens (tertiary/aromatic N) is 2. The quantitative estimate of drug-likeness (QED) is 0.682. The Hall–Kier alpha value is -2.77. The lowest BCUT2D eigenvalue weighted by Crippen LogP contribution is -1.98. The highest BCUT2D eigenvalue weighted by molar-refractivity contribution is 5.96. The Kier molecular flexibility index (Phi) is 6.21. The van der Waals surface area contributed by atoms with Gasteiger partial charge >= 0.3 is 0 Å². The molecule has 25 heavy (non-hydrogen) atoms. The van der Waals surface area contributed by atoms with E-state index in [1.165, 1.54) is 5.56 Å². The molecule has 0 amide bonds. The monoisotopic (exact) mass is 353 g/mol. The van der Waals surface area contributed by atoms with E-state index < -0.39 is 0 Å². The fourth-order valence-electron chi connectivity index (χ4n) is 2.62. The molecule has 1 aromatic heterocycles. The lowest BCUT2D eigenvalue weighted by molar-refractivity contribution is 0.340. The number of ether oxygens (including phenoxy) is 1. The molecule has 0 aliphatic carbocycles. The molecule has 0 fully saturated rings. The molecule has 3 rings (SSSR count). The Morgan fingerprint density at radius 1 is 1.12 bits per heavy atom. The fourth-order valence-corrected chi connectivity index (χ4v) is 2.62. The van der Waals surface area contributed by atoms with E-state index in [4.69, 9.17) is 4.74 Å². The van der Waals surface area contributed by atoms with Crippen molar-refractivity contribution in [2.45, 2.75) is 20.3 Å². The molecule has 128 valence electrons. The first-order valence-corrected chi connectivity index (χ1v) is 8.06. The predicted octanol–water partition coefficient (Wildman–Crippen LogP) is 5.23. The molecule has 0 saturated carbocycles. The number of rotatable bonds is 5. The Morgan fingerprint density at radius 3 is 2.52 bits per heavy atom. The van der Waals surface area contributed by atoms with Gasteiger partial charge < -0.3 is 10.1 Å². The van der Waals surface area contributed by atoms with E-state index in [0.29, 0.717) is 12.2 Å². The van der Waals surface area contributed by atoms with Gasteiger partial charge in [-0.3, -0.25) is 4.98 Å². The maximum absolute atomic E-state index is 9.45. The minimum atomic E-state index is 0. The number of hydrogen-bond acceptors (Lipinski definition) is 4. The van der Waals surface area contributed by atoms with Gasteiger partial charge in [0, 0.05) is 17.3 Å². The lowest BCUT2D eigenvalue weighted by atomic mass is 10.1. The largest absolute Gasteiger partial charge is 0.494 e. The van der Waals surface area contributed by atoms with Crippen LogP contribution in [0.15, 0.2) is 48.7 Å². The average molecular weight is 354 g/mol. The standard InChI is InChI=1S/C20H19N3O.ClH/c1-3-14-5-10-19-18(11-14)20(15(12-21)13-22-19)23-16-6-8-17(9-7-16)24-4-2;/h5-11,13H,3-4H2,1-2H3,(H,22,23);1H. The van der Waals surface area contributed by atoms with Crippen molar-refractivity contribution in [2.24, 2.45) is 0 Å². The van der Waals surface area contributed by atoms with Crippen LogP contribution in [0.1, 0.15) is 25.0 Å². The summed E-state index contributed by atoms with van der Waals surface area (Å²) >= 11 is 0. The molecule has 0 radical (unpaired) electrons. The van der Waals surface area contributed by atoms with E-state index in [9.17, 15) is 5.26 Å². The summed E-state index contributed by atoms with van der Waals surface area (Å²) in [6.45, 7) is 4.71. The number of fused-ring (bicyclic) bond motifs is 1. The summed E-state index contributed by atoms with van der Waals surface area (Å²) in [7, 11) is 0. The number of aryl methyl sites for hydroxylation is 1. The SMILES string of the molecule is CCOc1ccc(Nc2c(C#N)cnc3ccc(CC)cc23)cc1.Cl. The predicted molar refractivity (Wildman–Crippen MR) is 104 cm³/mol. The van der Waals surface area contributed by atoms with Gasteiger partial charge in [-0.25, -0.2) is 0 Å². The molecule has 5 heteroatoms. The van der Waals surface area contributed by atoms with Crippen LogP contribution in [0, 0.1) is 11.3 Å². The average Bonchev–Trinajstić information content (AvgIpc) is 2.63. The number of nitriles is 1. The van der Waals surface area contributed by atoms with Crippen LogP contribution in [0.2, 0.25) is 0 Å². The van der Waals surface area contributed by atoms with Crippen molar-refractivity contribution in [2.75, 3.05) is 11.9 Å². The zero-order valence-electron chi connectivity index (χ0n) is 14.2. The summed E-state index contributed by atoms with van der Waals surface area (Å²) < 4.78 is 5.47.